The van der Waals surface area contributed by atoms with Crippen molar-refractivity contribution >= 4 is 28.7 Å². The molecule has 0 aromatic heterocycles. The maximum absolute atomic E-state index is 8.89. The topological polar surface area (TPSA) is 63.0 Å². The molecule has 0 unspecified atom stereocenters. The molecule has 0 saturated heterocycles. The maximum atomic E-state index is 8.89. The number of amidine groups is 2. The summed E-state index contributed by atoms with van der Waals surface area (Å²) < 4.78 is 0. The van der Waals surface area contributed by atoms with Gasteiger partial charge in [-0.15, -0.1) is 0 Å². The Bertz CT molecular complexity index is 1180. The number of nitrogens with zero attached hydrogens (tertiary/aromatic N) is 1. The molecule has 3 N–H and O–H groups in total. The van der Waals surface area contributed by atoms with E-state index in [0.717, 1.165) is 28.2 Å². The third-order valence-electron chi connectivity index (χ3n) is 5.09. The van der Waals surface area contributed by atoms with E-state index in [2.05, 4.69) is 18.3 Å². The smallest absolute Gasteiger partial charge is 0.138 e. The van der Waals surface area contributed by atoms with Gasteiger partial charge >= 0.3 is 0 Å². The third-order valence-corrected chi connectivity index (χ3v) is 5.09. The average Bonchev–Trinajstić information content (AvgIpc) is 2.82. The predicted octanol–water partition coefficient (Wildman–Crippen LogP) is 6.60. The number of nitrogens with one attached hydrogen (secondary N) is 3. The van der Waals surface area contributed by atoms with Gasteiger partial charge in [0.15, 0.2) is 0 Å². The molecule has 0 atom stereocenters. The molecular weight excluding hydrogens is 380 g/mol. The summed E-state index contributed by atoms with van der Waals surface area (Å²) in [6, 6.07) is 35.0. The highest BCUT2D eigenvalue weighted by atomic mass is 15.2. The Morgan fingerprint density at radius 1 is 0.613 bits per heavy atom. The van der Waals surface area contributed by atoms with Crippen LogP contribution in [0.25, 0.3) is 0 Å². The van der Waals surface area contributed by atoms with Crippen LogP contribution < -0.4 is 10.2 Å². The second-order valence-electron chi connectivity index (χ2n) is 7.25. The minimum atomic E-state index is 0.252. The maximum Gasteiger partial charge on any atom is 0.138 e. The molecule has 0 heterocycles. The van der Waals surface area contributed by atoms with E-state index in [1.807, 2.05) is 103 Å². The van der Waals surface area contributed by atoms with Crippen LogP contribution in [0.3, 0.4) is 0 Å². The minimum absolute atomic E-state index is 0.252. The first-order valence-electron chi connectivity index (χ1n) is 10.1. The fourth-order valence-electron chi connectivity index (χ4n) is 3.38. The fourth-order valence-corrected chi connectivity index (χ4v) is 3.38. The van der Waals surface area contributed by atoms with Gasteiger partial charge in [-0.2, -0.15) is 0 Å². The molecule has 4 heteroatoms. The lowest BCUT2D eigenvalue weighted by Crippen LogP contribution is -2.37. The zero-order valence-electron chi connectivity index (χ0n) is 17.3. The van der Waals surface area contributed by atoms with Crippen molar-refractivity contribution in [2.75, 3.05) is 10.2 Å². The lowest BCUT2D eigenvalue weighted by molar-refractivity contribution is 1.28. The van der Waals surface area contributed by atoms with Crippen molar-refractivity contribution in [3.8, 4) is 0 Å². The van der Waals surface area contributed by atoms with Crippen molar-refractivity contribution in [1.82, 2.24) is 0 Å². The molecule has 0 radical (unpaired) electrons. The van der Waals surface area contributed by atoms with Crippen LogP contribution in [0.15, 0.2) is 109 Å². The number of anilines is 3. The number of para-hydroxylation sites is 2. The first-order valence-corrected chi connectivity index (χ1v) is 10.1. The molecule has 0 bridgehead atoms. The molecule has 0 saturated carbocycles. The molecule has 0 aliphatic heterocycles. The number of hydrogen-bond donors (Lipinski definition) is 3. The molecule has 4 nitrogen and oxygen atoms in total. The van der Waals surface area contributed by atoms with Crippen molar-refractivity contribution in [2.24, 2.45) is 0 Å². The summed E-state index contributed by atoms with van der Waals surface area (Å²) in [5.74, 6) is 0.515. The molecule has 0 aliphatic carbocycles. The van der Waals surface area contributed by atoms with E-state index in [9.17, 15) is 0 Å². The van der Waals surface area contributed by atoms with Crippen molar-refractivity contribution in [3.63, 3.8) is 0 Å². The SMILES string of the molecule is Cc1ccccc1Nc1ccc(C(=N)N(C(=N)c2ccccc2)c2ccccc2)cc1. The zero-order chi connectivity index (χ0) is 21.6. The predicted molar refractivity (Wildman–Crippen MR) is 130 cm³/mol. The van der Waals surface area contributed by atoms with Gasteiger partial charge in [-0.3, -0.25) is 15.7 Å². The molecule has 4 aromatic carbocycles. The number of benzene rings is 4. The molecule has 0 amide bonds. The second kappa shape index (κ2) is 9.09. The average molecular weight is 405 g/mol. The van der Waals surface area contributed by atoms with E-state index in [4.69, 9.17) is 10.8 Å². The van der Waals surface area contributed by atoms with E-state index >= 15 is 0 Å². The minimum Gasteiger partial charge on any atom is -0.355 e. The van der Waals surface area contributed by atoms with Gasteiger partial charge in [-0.1, -0.05) is 66.7 Å². The van der Waals surface area contributed by atoms with Crippen LogP contribution in [-0.4, -0.2) is 11.7 Å². The zero-order valence-corrected chi connectivity index (χ0v) is 17.3. The Kier molecular flexibility index (Phi) is 5.90. The highest BCUT2D eigenvalue weighted by molar-refractivity contribution is 6.27. The third kappa shape index (κ3) is 4.54. The summed E-state index contributed by atoms with van der Waals surface area (Å²) in [5, 5.41) is 21.1. The van der Waals surface area contributed by atoms with E-state index in [1.165, 1.54) is 5.56 Å². The first-order chi connectivity index (χ1) is 15.1. The van der Waals surface area contributed by atoms with Gasteiger partial charge in [-0.05, 0) is 55.0 Å². The van der Waals surface area contributed by atoms with Gasteiger partial charge in [-0.25, -0.2) is 0 Å². The van der Waals surface area contributed by atoms with E-state index in [0.29, 0.717) is 0 Å². The molecule has 4 rings (SSSR count). The molecular formula is C27H24N4. The lowest BCUT2D eigenvalue weighted by atomic mass is 10.1. The van der Waals surface area contributed by atoms with E-state index < -0.39 is 0 Å². The van der Waals surface area contributed by atoms with Gasteiger partial charge in [0.05, 0.1) is 0 Å². The van der Waals surface area contributed by atoms with Gasteiger partial charge in [0.2, 0.25) is 0 Å². The summed E-state index contributed by atoms with van der Waals surface area (Å²) in [5.41, 5.74) is 5.46. The van der Waals surface area contributed by atoms with E-state index in [1.54, 1.807) is 4.90 Å². The Morgan fingerprint density at radius 3 is 1.74 bits per heavy atom. The first kappa shape index (κ1) is 20.1. The largest absolute Gasteiger partial charge is 0.355 e. The van der Waals surface area contributed by atoms with Gasteiger partial charge in [0, 0.05) is 28.2 Å². The molecule has 0 fully saturated rings. The molecule has 152 valence electrons. The monoisotopic (exact) mass is 404 g/mol. The molecule has 31 heavy (non-hydrogen) atoms. The van der Waals surface area contributed by atoms with Gasteiger partial charge in [0.25, 0.3) is 0 Å². The quantitative estimate of drug-likeness (QED) is 0.259. The van der Waals surface area contributed by atoms with Gasteiger partial charge < -0.3 is 5.32 Å². The summed E-state index contributed by atoms with van der Waals surface area (Å²) >= 11 is 0. The van der Waals surface area contributed by atoms with Crippen LogP contribution in [-0.2, 0) is 0 Å². The highest BCUT2D eigenvalue weighted by Gasteiger charge is 2.20. The number of hydrogen-bond acceptors (Lipinski definition) is 3. The fraction of sp³-hybridized carbons (Fsp3) is 0.0370. The lowest BCUT2D eigenvalue weighted by Gasteiger charge is -2.26. The standard InChI is InChI=1S/C27H24N4/c1-20-10-8-9-15-25(20)30-23-18-16-22(17-19-23)27(29)31(24-13-6-3-7-14-24)26(28)21-11-4-2-5-12-21/h2-19,28-30H,1H3. The summed E-state index contributed by atoms with van der Waals surface area (Å²) in [4.78, 5) is 1.67. The Labute approximate surface area is 182 Å². The number of aryl methyl sites for hydroxylation is 1. The molecule has 0 spiro atoms. The summed E-state index contributed by atoms with van der Waals surface area (Å²) in [6.07, 6.45) is 0. The van der Waals surface area contributed by atoms with Crippen molar-refractivity contribution in [3.05, 3.63) is 126 Å². The van der Waals surface area contributed by atoms with Gasteiger partial charge in [0.1, 0.15) is 11.7 Å². The van der Waals surface area contributed by atoms with Crippen LogP contribution >= 0.6 is 0 Å². The second-order valence-corrected chi connectivity index (χ2v) is 7.25. The molecule has 4 aromatic rings. The highest BCUT2D eigenvalue weighted by Crippen LogP contribution is 2.23. The van der Waals surface area contributed by atoms with Crippen LogP contribution in [0.2, 0.25) is 0 Å². The van der Waals surface area contributed by atoms with Crippen LogP contribution in [0.4, 0.5) is 17.1 Å². The van der Waals surface area contributed by atoms with Crippen molar-refractivity contribution in [1.29, 1.82) is 10.8 Å². The van der Waals surface area contributed by atoms with Crippen molar-refractivity contribution in [2.45, 2.75) is 6.92 Å². The van der Waals surface area contributed by atoms with Crippen LogP contribution in [0.5, 0.6) is 0 Å². The summed E-state index contributed by atoms with van der Waals surface area (Å²) in [7, 11) is 0. The summed E-state index contributed by atoms with van der Waals surface area (Å²) in [6.45, 7) is 2.07. The molecule has 0 aliphatic rings. The Balaban J connectivity index is 1.63. The van der Waals surface area contributed by atoms with E-state index in [-0.39, 0.29) is 11.7 Å². The van der Waals surface area contributed by atoms with Crippen LogP contribution in [0, 0.1) is 17.7 Å². The normalized spacial score (nSPS) is 10.4. The van der Waals surface area contributed by atoms with Crippen molar-refractivity contribution < 1.29 is 0 Å². The Morgan fingerprint density at radius 2 is 1.13 bits per heavy atom. The Hall–Kier alpha value is -4.18. The van der Waals surface area contributed by atoms with Crippen LogP contribution in [0.1, 0.15) is 16.7 Å². The number of rotatable bonds is 5.